The number of methoxy groups -OCH3 is 1. The summed E-state index contributed by atoms with van der Waals surface area (Å²) in [6.45, 7) is 1.45. The number of hydrogen-bond donors (Lipinski definition) is 2. The summed E-state index contributed by atoms with van der Waals surface area (Å²) in [5, 5.41) is 13.0. The highest BCUT2D eigenvalue weighted by atomic mass is 35.5. The molecule has 0 amide bonds. The van der Waals surface area contributed by atoms with E-state index in [-0.39, 0.29) is 5.75 Å². The van der Waals surface area contributed by atoms with Crippen molar-refractivity contribution in [1.29, 1.82) is 0 Å². The van der Waals surface area contributed by atoms with Crippen LogP contribution in [0.3, 0.4) is 0 Å². The predicted molar refractivity (Wildman–Crippen MR) is 79.4 cm³/mol. The van der Waals surface area contributed by atoms with Gasteiger partial charge in [0.2, 0.25) is 0 Å². The number of hydrogen-bond acceptors (Lipinski definition) is 4. The molecule has 1 heterocycles. The average molecular weight is 298 g/mol. The van der Waals surface area contributed by atoms with Crippen molar-refractivity contribution in [1.82, 2.24) is 5.32 Å². The van der Waals surface area contributed by atoms with Gasteiger partial charge in [-0.1, -0.05) is 11.6 Å². The molecule has 2 aromatic rings. The SMILES string of the molecule is COc1ccc(O)c(CNCCc2ccc(Cl)s2)c1. The van der Waals surface area contributed by atoms with Gasteiger partial charge in [-0.2, -0.15) is 0 Å². The first kappa shape index (κ1) is 14.2. The van der Waals surface area contributed by atoms with Crippen LogP contribution in [0.5, 0.6) is 11.5 Å². The van der Waals surface area contributed by atoms with E-state index in [1.54, 1.807) is 30.6 Å². The third-order valence-corrected chi connectivity index (χ3v) is 4.07. The number of benzene rings is 1. The highest BCUT2D eigenvalue weighted by molar-refractivity contribution is 7.16. The van der Waals surface area contributed by atoms with Gasteiger partial charge in [-0.3, -0.25) is 0 Å². The van der Waals surface area contributed by atoms with Crippen LogP contribution in [0.2, 0.25) is 4.34 Å². The van der Waals surface area contributed by atoms with Gasteiger partial charge in [0.05, 0.1) is 11.4 Å². The first-order chi connectivity index (χ1) is 9.19. The van der Waals surface area contributed by atoms with Crippen LogP contribution in [0.25, 0.3) is 0 Å². The molecule has 0 spiro atoms. The summed E-state index contributed by atoms with van der Waals surface area (Å²) in [4.78, 5) is 1.26. The van der Waals surface area contributed by atoms with Crippen LogP contribution < -0.4 is 10.1 Å². The zero-order chi connectivity index (χ0) is 13.7. The first-order valence-electron chi connectivity index (χ1n) is 6.00. The Balaban J connectivity index is 1.82. The Hall–Kier alpha value is -1.23. The van der Waals surface area contributed by atoms with Crippen LogP contribution in [0.1, 0.15) is 10.4 Å². The fourth-order valence-electron chi connectivity index (χ4n) is 1.75. The average Bonchev–Trinajstić information content (AvgIpc) is 2.82. The molecule has 3 nitrogen and oxygen atoms in total. The number of ether oxygens (including phenoxy) is 1. The lowest BCUT2D eigenvalue weighted by atomic mass is 10.2. The fourth-order valence-corrected chi connectivity index (χ4v) is 2.84. The maximum Gasteiger partial charge on any atom is 0.120 e. The molecule has 0 aliphatic rings. The van der Waals surface area contributed by atoms with Crippen LogP contribution >= 0.6 is 22.9 Å². The minimum Gasteiger partial charge on any atom is -0.508 e. The smallest absolute Gasteiger partial charge is 0.120 e. The van der Waals surface area contributed by atoms with E-state index in [1.165, 1.54) is 4.88 Å². The van der Waals surface area contributed by atoms with Crippen molar-refractivity contribution in [2.45, 2.75) is 13.0 Å². The molecular weight excluding hydrogens is 282 g/mol. The molecule has 0 atom stereocenters. The maximum absolute atomic E-state index is 9.74. The Morgan fingerprint density at radius 1 is 1.32 bits per heavy atom. The first-order valence-corrected chi connectivity index (χ1v) is 7.19. The zero-order valence-corrected chi connectivity index (χ0v) is 12.2. The van der Waals surface area contributed by atoms with Gasteiger partial charge in [0.15, 0.2) is 0 Å². The van der Waals surface area contributed by atoms with Crippen molar-refractivity contribution in [3.05, 3.63) is 45.1 Å². The number of halogens is 1. The highest BCUT2D eigenvalue weighted by Gasteiger charge is 2.03. The summed E-state index contributed by atoms with van der Waals surface area (Å²) in [6, 6.07) is 9.18. The van der Waals surface area contributed by atoms with Crippen molar-refractivity contribution < 1.29 is 9.84 Å². The quantitative estimate of drug-likeness (QED) is 0.803. The van der Waals surface area contributed by atoms with E-state index < -0.39 is 0 Å². The van der Waals surface area contributed by atoms with Gasteiger partial charge in [0.25, 0.3) is 0 Å². The van der Waals surface area contributed by atoms with Crippen LogP contribution in [-0.2, 0) is 13.0 Å². The molecule has 1 aromatic heterocycles. The summed E-state index contributed by atoms with van der Waals surface area (Å²) in [6.07, 6.45) is 0.933. The van der Waals surface area contributed by atoms with Gasteiger partial charge in [0.1, 0.15) is 11.5 Å². The molecule has 102 valence electrons. The molecule has 0 unspecified atom stereocenters. The molecule has 0 bridgehead atoms. The lowest BCUT2D eigenvalue weighted by Crippen LogP contribution is -2.16. The van der Waals surface area contributed by atoms with E-state index >= 15 is 0 Å². The molecule has 0 fully saturated rings. The monoisotopic (exact) mass is 297 g/mol. The van der Waals surface area contributed by atoms with Gasteiger partial charge in [-0.05, 0) is 36.8 Å². The Morgan fingerprint density at radius 2 is 2.16 bits per heavy atom. The molecule has 1 aromatic carbocycles. The minimum atomic E-state index is 0.285. The lowest BCUT2D eigenvalue weighted by molar-refractivity contribution is 0.410. The summed E-state index contributed by atoms with van der Waals surface area (Å²) in [5.41, 5.74) is 0.837. The standard InChI is InChI=1S/C14H16ClNO2S/c1-18-11-2-4-13(17)10(8-11)9-16-7-6-12-3-5-14(15)19-12/h2-5,8,16-17H,6-7,9H2,1H3. The predicted octanol–water partition coefficient (Wildman–Crippen LogP) is 3.45. The Kier molecular flexibility index (Phi) is 5.07. The molecule has 0 aliphatic carbocycles. The third-order valence-electron chi connectivity index (χ3n) is 2.78. The second-order valence-electron chi connectivity index (χ2n) is 4.13. The van der Waals surface area contributed by atoms with Crippen molar-refractivity contribution in [2.24, 2.45) is 0 Å². The zero-order valence-electron chi connectivity index (χ0n) is 10.6. The third kappa shape index (κ3) is 4.13. The molecule has 0 saturated carbocycles. The lowest BCUT2D eigenvalue weighted by Gasteiger charge is -2.08. The van der Waals surface area contributed by atoms with Crippen LogP contribution in [0.15, 0.2) is 30.3 Å². The molecule has 0 aliphatic heterocycles. The molecule has 2 N–H and O–H groups in total. The number of thiophene rings is 1. The summed E-state index contributed by atoms with van der Waals surface area (Å²) in [7, 11) is 1.62. The number of aromatic hydroxyl groups is 1. The topological polar surface area (TPSA) is 41.5 Å². The van der Waals surface area contributed by atoms with Gasteiger partial charge in [0, 0.05) is 23.5 Å². The number of nitrogens with one attached hydrogen (secondary N) is 1. The maximum atomic E-state index is 9.74. The number of rotatable bonds is 6. The van der Waals surface area contributed by atoms with E-state index in [2.05, 4.69) is 5.32 Å². The van der Waals surface area contributed by atoms with Crippen LogP contribution in [0.4, 0.5) is 0 Å². The largest absolute Gasteiger partial charge is 0.508 e. The number of phenolic OH excluding ortho intramolecular Hbond substituents is 1. The summed E-state index contributed by atoms with van der Waals surface area (Å²) in [5.74, 6) is 1.03. The summed E-state index contributed by atoms with van der Waals surface area (Å²) < 4.78 is 5.96. The molecule has 0 saturated heterocycles. The van der Waals surface area contributed by atoms with E-state index in [4.69, 9.17) is 16.3 Å². The van der Waals surface area contributed by atoms with Gasteiger partial charge < -0.3 is 15.2 Å². The van der Waals surface area contributed by atoms with Crippen molar-refractivity contribution in [3.63, 3.8) is 0 Å². The normalized spacial score (nSPS) is 10.6. The van der Waals surface area contributed by atoms with E-state index in [0.29, 0.717) is 6.54 Å². The molecular formula is C14H16ClNO2S. The van der Waals surface area contributed by atoms with Crippen molar-refractivity contribution in [3.8, 4) is 11.5 Å². The Morgan fingerprint density at radius 3 is 2.84 bits per heavy atom. The van der Waals surface area contributed by atoms with Crippen LogP contribution in [-0.4, -0.2) is 18.8 Å². The molecule has 2 rings (SSSR count). The second-order valence-corrected chi connectivity index (χ2v) is 5.93. The molecule has 5 heteroatoms. The molecule has 0 radical (unpaired) electrons. The fraction of sp³-hybridized carbons (Fsp3) is 0.286. The Bertz CT molecular complexity index is 542. The number of phenols is 1. The Labute approximate surface area is 121 Å². The minimum absolute atomic E-state index is 0.285. The van der Waals surface area contributed by atoms with E-state index in [9.17, 15) is 5.11 Å². The van der Waals surface area contributed by atoms with E-state index in [1.807, 2.05) is 18.2 Å². The highest BCUT2D eigenvalue weighted by Crippen LogP contribution is 2.23. The van der Waals surface area contributed by atoms with Gasteiger partial charge >= 0.3 is 0 Å². The summed E-state index contributed by atoms with van der Waals surface area (Å²) >= 11 is 7.47. The van der Waals surface area contributed by atoms with Crippen molar-refractivity contribution in [2.75, 3.05) is 13.7 Å². The second kappa shape index (κ2) is 6.80. The molecule has 19 heavy (non-hydrogen) atoms. The van der Waals surface area contributed by atoms with Gasteiger partial charge in [-0.25, -0.2) is 0 Å². The van der Waals surface area contributed by atoms with Crippen LogP contribution in [0, 0.1) is 0 Å². The van der Waals surface area contributed by atoms with Crippen molar-refractivity contribution >= 4 is 22.9 Å². The van der Waals surface area contributed by atoms with E-state index in [0.717, 1.165) is 28.6 Å². The van der Waals surface area contributed by atoms with Gasteiger partial charge in [-0.15, -0.1) is 11.3 Å².